The average Bonchev–Trinajstić information content (AvgIpc) is 2.48. The number of ether oxygens (including phenoxy) is 1. The van der Waals surface area contributed by atoms with Crippen molar-refractivity contribution in [1.29, 1.82) is 0 Å². The van der Waals surface area contributed by atoms with Gasteiger partial charge in [0.2, 0.25) is 0 Å². The lowest BCUT2D eigenvalue weighted by atomic mass is 10.1. The molecule has 0 spiro atoms. The van der Waals surface area contributed by atoms with Crippen molar-refractivity contribution in [1.82, 2.24) is 0 Å². The summed E-state index contributed by atoms with van der Waals surface area (Å²) in [5.74, 6) is 0.390. The summed E-state index contributed by atoms with van der Waals surface area (Å²) < 4.78 is 19.4. The third-order valence-electron chi connectivity index (χ3n) is 3.08. The molecule has 0 aliphatic carbocycles. The Morgan fingerprint density at radius 2 is 1.90 bits per heavy atom. The van der Waals surface area contributed by atoms with Crippen LogP contribution in [0.25, 0.3) is 0 Å². The second-order valence-corrected chi connectivity index (χ2v) is 5.29. The topological polar surface area (TPSA) is 29.5 Å². The molecule has 4 heteroatoms. The van der Waals surface area contributed by atoms with Gasteiger partial charge in [0.1, 0.15) is 18.2 Å². The van der Waals surface area contributed by atoms with Gasteiger partial charge in [-0.25, -0.2) is 4.39 Å². The van der Waals surface area contributed by atoms with Crippen molar-refractivity contribution in [2.75, 3.05) is 0 Å². The van der Waals surface area contributed by atoms with Gasteiger partial charge >= 0.3 is 0 Å². The molecule has 2 aromatic rings. The van der Waals surface area contributed by atoms with Gasteiger partial charge in [0.25, 0.3) is 0 Å². The first kappa shape index (κ1) is 15.0. The molecule has 0 aliphatic rings. The first-order chi connectivity index (χ1) is 9.61. The number of aliphatic hydroxyl groups excluding tert-OH is 1. The van der Waals surface area contributed by atoms with E-state index in [0.717, 1.165) is 11.1 Å². The van der Waals surface area contributed by atoms with Gasteiger partial charge in [-0.05, 0) is 46.1 Å². The maximum absolute atomic E-state index is 13.4. The van der Waals surface area contributed by atoms with E-state index in [2.05, 4.69) is 15.9 Å². The highest BCUT2D eigenvalue weighted by atomic mass is 79.9. The molecular weight excluding hydrogens is 323 g/mol. The molecule has 1 atom stereocenters. The molecule has 0 aliphatic heterocycles. The Labute approximate surface area is 126 Å². The van der Waals surface area contributed by atoms with Gasteiger partial charge in [-0.3, -0.25) is 0 Å². The van der Waals surface area contributed by atoms with Crippen LogP contribution in [0.15, 0.2) is 46.9 Å². The highest BCUT2D eigenvalue weighted by Crippen LogP contribution is 2.23. The minimum absolute atomic E-state index is 0.286. The third kappa shape index (κ3) is 3.58. The maximum Gasteiger partial charge on any atom is 0.137 e. The van der Waals surface area contributed by atoms with E-state index in [9.17, 15) is 9.50 Å². The molecule has 2 aromatic carbocycles. The molecule has 0 bridgehead atoms. The van der Waals surface area contributed by atoms with Crippen molar-refractivity contribution < 1.29 is 14.2 Å². The molecule has 20 heavy (non-hydrogen) atoms. The Kier molecular flexibility index (Phi) is 5.15. The molecule has 0 saturated heterocycles. The molecule has 0 saturated carbocycles. The first-order valence-corrected chi connectivity index (χ1v) is 7.24. The van der Waals surface area contributed by atoms with Crippen LogP contribution in [0.1, 0.15) is 30.6 Å². The molecule has 0 aromatic heterocycles. The van der Waals surface area contributed by atoms with E-state index in [-0.39, 0.29) is 12.4 Å². The van der Waals surface area contributed by atoms with Crippen molar-refractivity contribution >= 4 is 15.9 Å². The normalized spacial score (nSPS) is 12.2. The van der Waals surface area contributed by atoms with E-state index in [0.29, 0.717) is 16.6 Å². The highest BCUT2D eigenvalue weighted by Gasteiger charge is 2.07. The molecule has 1 unspecified atom stereocenters. The molecule has 106 valence electrons. The third-order valence-corrected chi connectivity index (χ3v) is 3.97. The van der Waals surface area contributed by atoms with Gasteiger partial charge in [0.05, 0.1) is 10.6 Å². The number of halogens is 2. The molecule has 0 radical (unpaired) electrons. The number of benzene rings is 2. The summed E-state index contributed by atoms with van der Waals surface area (Å²) in [5, 5.41) is 9.71. The van der Waals surface area contributed by atoms with Crippen LogP contribution in [-0.2, 0) is 6.61 Å². The van der Waals surface area contributed by atoms with E-state index in [1.807, 2.05) is 25.1 Å². The predicted octanol–water partition coefficient (Wildman–Crippen LogP) is 4.61. The molecule has 0 amide bonds. The van der Waals surface area contributed by atoms with E-state index in [1.165, 1.54) is 6.07 Å². The van der Waals surface area contributed by atoms with Gasteiger partial charge in [-0.2, -0.15) is 0 Å². The largest absolute Gasteiger partial charge is 0.489 e. The van der Waals surface area contributed by atoms with Crippen molar-refractivity contribution in [2.45, 2.75) is 26.1 Å². The monoisotopic (exact) mass is 338 g/mol. The van der Waals surface area contributed by atoms with Gasteiger partial charge in [-0.15, -0.1) is 0 Å². The van der Waals surface area contributed by atoms with E-state index in [1.54, 1.807) is 18.2 Å². The van der Waals surface area contributed by atoms with Crippen LogP contribution < -0.4 is 4.74 Å². The molecule has 1 N–H and O–H groups in total. The molecule has 0 heterocycles. The van der Waals surface area contributed by atoms with Crippen molar-refractivity contribution in [3.8, 4) is 5.75 Å². The summed E-state index contributed by atoms with van der Waals surface area (Å²) >= 11 is 3.21. The zero-order chi connectivity index (χ0) is 14.5. The van der Waals surface area contributed by atoms with Gasteiger partial charge < -0.3 is 9.84 Å². The second-order valence-electron chi connectivity index (χ2n) is 4.49. The second kappa shape index (κ2) is 6.86. The van der Waals surface area contributed by atoms with Gasteiger partial charge in [-0.1, -0.05) is 31.2 Å². The number of hydrogen-bond acceptors (Lipinski definition) is 2. The lowest BCUT2D eigenvalue weighted by molar-refractivity contribution is 0.173. The minimum Gasteiger partial charge on any atom is -0.489 e. The summed E-state index contributed by atoms with van der Waals surface area (Å²) in [5.41, 5.74) is 1.62. The quantitative estimate of drug-likeness (QED) is 0.862. The van der Waals surface area contributed by atoms with Crippen LogP contribution in [0.4, 0.5) is 4.39 Å². The van der Waals surface area contributed by atoms with Crippen LogP contribution in [0.5, 0.6) is 5.75 Å². The predicted molar refractivity (Wildman–Crippen MR) is 80.1 cm³/mol. The lowest BCUT2D eigenvalue weighted by Gasteiger charge is -2.11. The zero-order valence-corrected chi connectivity index (χ0v) is 12.7. The fourth-order valence-electron chi connectivity index (χ4n) is 1.84. The van der Waals surface area contributed by atoms with Crippen LogP contribution in [0, 0.1) is 5.82 Å². The number of rotatable bonds is 5. The number of hydrogen-bond donors (Lipinski definition) is 1. The molecular formula is C16H16BrFO2. The number of aliphatic hydroxyl groups is 1. The Bertz CT molecular complexity index is 569. The maximum atomic E-state index is 13.4. The Hall–Kier alpha value is -1.39. The van der Waals surface area contributed by atoms with Crippen molar-refractivity contribution in [3.63, 3.8) is 0 Å². The molecule has 2 nitrogen and oxygen atoms in total. The summed E-state index contributed by atoms with van der Waals surface area (Å²) in [6, 6.07) is 12.1. The van der Waals surface area contributed by atoms with Crippen molar-refractivity contribution in [3.05, 3.63) is 63.9 Å². The minimum atomic E-state index is -0.443. The average molecular weight is 339 g/mol. The highest BCUT2D eigenvalue weighted by molar-refractivity contribution is 9.10. The van der Waals surface area contributed by atoms with E-state index < -0.39 is 6.10 Å². The van der Waals surface area contributed by atoms with Crippen LogP contribution in [-0.4, -0.2) is 5.11 Å². The smallest absolute Gasteiger partial charge is 0.137 e. The fraction of sp³-hybridized carbons (Fsp3) is 0.250. The standard InChI is InChI=1S/C16H16BrFO2/c1-2-15(19)11-6-8-13(9-7-11)20-10-12-4-3-5-14(18)16(12)17/h3-9,15,19H,2,10H2,1H3. The Morgan fingerprint density at radius 3 is 2.55 bits per heavy atom. The molecule has 2 rings (SSSR count). The lowest BCUT2D eigenvalue weighted by Crippen LogP contribution is -1.99. The van der Waals surface area contributed by atoms with Crippen LogP contribution >= 0.6 is 15.9 Å². The van der Waals surface area contributed by atoms with Crippen LogP contribution in [0.2, 0.25) is 0 Å². The molecule has 0 fully saturated rings. The zero-order valence-electron chi connectivity index (χ0n) is 11.1. The summed E-state index contributed by atoms with van der Waals surface area (Å²) in [7, 11) is 0. The van der Waals surface area contributed by atoms with Gasteiger partial charge in [0.15, 0.2) is 0 Å². The SMILES string of the molecule is CCC(O)c1ccc(OCc2cccc(F)c2Br)cc1. The van der Waals surface area contributed by atoms with Crippen LogP contribution in [0.3, 0.4) is 0 Å². The summed E-state index contributed by atoms with van der Waals surface area (Å²) in [6.07, 6.45) is 0.234. The van der Waals surface area contributed by atoms with E-state index >= 15 is 0 Å². The first-order valence-electron chi connectivity index (χ1n) is 6.45. The summed E-state index contributed by atoms with van der Waals surface area (Å²) in [6.45, 7) is 2.21. The Balaban J connectivity index is 2.02. The van der Waals surface area contributed by atoms with Crippen molar-refractivity contribution in [2.24, 2.45) is 0 Å². The fourth-order valence-corrected chi connectivity index (χ4v) is 2.22. The Morgan fingerprint density at radius 1 is 1.20 bits per heavy atom. The van der Waals surface area contributed by atoms with Gasteiger partial charge in [0, 0.05) is 5.56 Å². The summed E-state index contributed by atoms with van der Waals surface area (Å²) in [4.78, 5) is 0. The van der Waals surface area contributed by atoms with E-state index in [4.69, 9.17) is 4.74 Å².